The normalized spacial score (nSPS) is 11.7. The largest absolute Gasteiger partial charge is 0.271 e. The van der Waals surface area contributed by atoms with Crippen LogP contribution in [0, 0.1) is 0 Å². The molecule has 0 radical (unpaired) electrons. The number of carbonyl (C=O) groups is 1. The Hall–Kier alpha value is -3.47. The quantitative estimate of drug-likeness (QED) is 0.547. The zero-order valence-electron chi connectivity index (χ0n) is 14.5. The minimum absolute atomic E-state index is 0.236. The lowest BCUT2D eigenvalue weighted by atomic mass is 10.1. The number of hydrogen-bond donors (Lipinski definition) is 1. The molecule has 3 aromatic rings. The topological polar surface area (TPSA) is 59.3 Å². The van der Waals surface area contributed by atoms with Crippen LogP contribution in [0.25, 0.3) is 6.08 Å². The number of hydrogen-bond acceptors (Lipinski definition) is 3. The SMILES string of the molecule is CC(/C=C/c1ccccc1)=N/NC(=O)c1cccc(Cn2cccn2)c1. The first-order valence-corrected chi connectivity index (χ1v) is 8.35. The van der Waals surface area contributed by atoms with Crippen molar-refractivity contribution >= 4 is 17.7 Å². The van der Waals surface area contributed by atoms with Crippen molar-refractivity contribution < 1.29 is 4.79 Å². The number of nitrogens with zero attached hydrogens (tertiary/aromatic N) is 3. The second-order valence-electron chi connectivity index (χ2n) is 5.84. The summed E-state index contributed by atoms with van der Waals surface area (Å²) in [7, 11) is 0. The predicted octanol–water partition coefficient (Wildman–Crippen LogP) is 3.75. The van der Waals surface area contributed by atoms with Gasteiger partial charge in [-0.15, -0.1) is 0 Å². The van der Waals surface area contributed by atoms with Crippen LogP contribution >= 0.6 is 0 Å². The van der Waals surface area contributed by atoms with Gasteiger partial charge in [0.15, 0.2) is 0 Å². The molecule has 0 unspecified atom stereocenters. The summed E-state index contributed by atoms with van der Waals surface area (Å²) in [5, 5.41) is 8.31. The van der Waals surface area contributed by atoms with E-state index in [1.165, 1.54) is 0 Å². The molecule has 0 atom stereocenters. The van der Waals surface area contributed by atoms with Crippen LogP contribution in [0.15, 0.2) is 84.2 Å². The predicted molar refractivity (Wildman–Crippen MR) is 104 cm³/mol. The second kappa shape index (κ2) is 8.58. The highest BCUT2D eigenvalue weighted by atomic mass is 16.2. The van der Waals surface area contributed by atoms with Crippen molar-refractivity contribution in [3.63, 3.8) is 0 Å². The number of rotatable bonds is 6. The fourth-order valence-electron chi connectivity index (χ4n) is 2.41. The summed E-state index contributed by atoms with van der Waals surface area (Å²) >= 11 is 0. The molecule has 2 aromatic carbocycles. The highest BCUT2D eigenvalue weighted by Crippen LogP contribution is 2.07. The van der Waals surface area contributed by atoms with Gasteiger partial charge in [0.2, 0.25) is 0 Å². The van der Waals surface area contributed by atoms with E-state index < -0.39 is 0 Å². The molecule has 3 rings (SSSR count). The van der Waals surface area contributed by atoms with Crippen LogP contribution in [-0.2, 0) is 6.54 Å². The lowest BCUT2D eigenvalue weighted by Gasteiger charge is -2.05. The van der Waals surface area contributed by atoms with E-state index in [1.807, 2.05) is 84.6 Å². The molecule has 1 heterocycles. The Morgan fingerprint density at radius 1 is 1.15 bits per heavy atom. The van der Waals surface area contributed by atoms with Crippen molar-refractivity contribution in [3.05, 3.63) is 95.8 Å². The van der Waals surface area contributed by atoms with E-state index in [4.69, 9.17) is 0 Å². The summed E-state index contributed by atoms with van der Waals surface area (Å²) in [6.07, 6.45) is 7.44. The maximum Gasteiger partial charge on any atom is 0.271 e. The molecule has 0 aliphatic heterocycles. The van der Waals surface area contributed by atoms with Crippen molar-refractivity contribution in [1.82, 2.24) is 15.2 Å². The molecule has 1 N–H and O–H groups in total. The Morgan fingerprint density at radius 3 is 2.77 bits per heavy atom. The molecule has 1 amide bonds. The van der Waals surface area contributed by atoms with Gasteiger partial charge in [-0.2, -0.15) is 10.2 Å². The Labute approximate surface area is 152 Å². The minimum atomic E-state index is -0.236. The Balaban J connectivity index is 1.61. The van der Waals surface area contributed by atoms with Crippen LogP contribution < -0.4 is 5.43 Å². The summed E-state index contributed by atoms with van der Waals surface area (Å²) in [5.41, 5.74) is 5.97. The molecule has 0 saturated heterocycles. The summed E-state index contributed by atoms with van der Waals surface area (Å²) in [5.74, 6) is -0.236. The van der Waals surface area contributed by atoms with Crippen LogP contribution in [0.1, 0.15) is 28.4 Å². The van der Waals surface area contributed by atoms with Gasteiger partial charge in [0.25, 0.3) is 5.91 Å². The molecule has 26 heavy (non-hydrogen) atoms. The number of carbonyl (C=O) groups excluding carboxylic acids is 1. The fraction of sp³-hybridized carbons (Fsp3) is 0.0952. The van der Waals surface area contributed by atoms with Gasteiger partial charge in [0.05, 0.1) is 12.3 Å². The standard InChI is InChI=1S/C21H20N4O/c1-17(11-12-18-7-3-2-4-8-18)23-24-21(26)20-10-5-9-19(15-20)16-25-14-6-13-22-25/h2-15H,16H2,1H3,(H,24,26)/b12-11+,23-17-. The van der Waals surface area contributed by atoms with E-state index in [0.29, 0.717) is 12.1 Å². The van der Waals surface area contributed by atoms with E-state index in [1.54, 1.807) is 12.3 Å². The number of nitrogens with one attached hydrogen (secondary N) is 1. The van der Waals surface area contributed by atoms with Gasteiger partial charge >= 0.3 is 0 Å². The van der Waals surface area contributed by atoms with Crippen molar-refractivity contribution in [2.24, 2.45) is 5.10 Å². The molecule has 5 heteroatoms. The maximum atomic E-state index is 12.3. The molecule has 130 valence electrons. The Morgan fingerprint density at radius 2 is 2.00 bits per heavy atom. The summed E-state index contributed by atoms with van der Waals surface area (Å²) in [6.45, 7) is 2.46. The number of benzene rings is 2. The zero-order valence-corrected chi connectivity index (χ0v) is 14.5. The number of aromatic nitrogens is 2. The molecular weight excluding hydrogens is 324 g/mol. The smallest absolute Gasteiger partial charge is 0.268 e. The second-order valence-corrected chi connectivity index (χ2v) is 5.84. The average molecular weight is 344 g/mol. The van der Waals surface area contributed by atoms with Crippen LogP contribution in [0.4, 0.5) is 0 Å². The van der Waals surface area contributed by atoms with Crippen molar-refractivity contribution in [2.45, 2.75) is 13.5 Å². The molecule has 0 spiro atoms. The van der Waals surface area contributed by atoms with Gasteiger partial charge in [0, 0.05) is 18.0 Å². The molecule has 5 nitrogen and oxygen atoms in total. The lowest BCUT2D eigenvalue weighted by Crippen LogP contribution is -2.19. The highest BCUT2D eigenvalue weighted by Gasteiger charge is 2.05. The third-order valence-corrected chi connectivity index (χ3v) is 3.74. The monoisotopic (exact) mass is 344 g/mol. The molecule has 0 saturated carbocycles. The molecule has 0 fully saturated rings. The van der Waals surface area contributed by atoms with Gasteiger partial charge < -0.3 is 0 Å². The minimum Gasteiger partial charge on any atom is -0.268 e. The lowest BCUT2D eigenvalue weighted by molar-refractivity contribution is 0.0954. The van der Waals surface area contributed by atoms with Crippen LogP contribution in [-0.4, -0.2) is 21.4 Å². The molecule has 0 aliphatic rings. The third-order valence-electron chi connectivity index (χ3n) is 3.74. The first-order valence-electron chi connectivity index (χ1n) is 8.35. The summed E-state index contributed by atoms with van der Waals surface area (Å²) < 4.78 is 1.81. The highest BCUT2D eigenvalue weighted by molar-refractivity contribution is 5.99. The molecular formula is C21H20N4O. The Bertz CT molecular complexity index is 912. The van der Waals surface area contributed by atoms with Gasteiger partial charge in [-0.3, -0.25) is 9.48 Å². The van der Waals surface area contributed by atoms with E-state index >= 15 is 0 Å². The molecule has 0 aliphatic carbocycles. The average Bonchev–Trinajstić information content (AvgIpc) is 3.18. The number of allylic oxidation sites excluding steroid dienone is 1. The third kappa shape index (κ3) is 5.01. The van der Waals surface area contributed by atoms with Crippen molar-refractivity contribution in [3.8, 4) is 0 Å². The number of hydrazone groups is 1. The van der Waals surface area contributed by atoms with E-state index in [9.17, 15) is 4.79 Å². The van der Waals surface area contributed by atoms with Gasteiger partial charge in [-0.1, -0.05) is 48.5 Å². The van der Waals surface area contributed by atoms with Crippen LogP contribution in [0.2, 0.25) is 0 Å². The summed E-state index contributed by atoms with van der Waals surface area (Å²) in [6, 6.07) is 19.3. The van der Waals surface area contributed by atoms with Gasteiger partial charge in [-0.25, -0.2) is 5.43 Å². The van der Waals surface area contributed by atoms with E-state index in [0.717, 1.165) is 16.8 Å². The van der Waals surface area contributed by atoms with E-state index in [2.05, 4.69) is 15.6 Å². The molecule has 0 bridgehead atoms. The molecule has 1 aromatic heterocycles. The maximum absolute atomic E-state index is 12.3. The first-order chi connectivity index (χ1) is 12.7. The van der Waals surface area contributed by atoms with Crippen LogP contribution in [0.5, 0.6) is 0 Å². The first kappa shape index (κ1) is 17.4. The number of amides is 1. The van der Waals surface area contributed by atoms with E-state index in [-0.39, 0.29) is 5.91 Å². The fourth-order valence-corrected chi connectivity index (χ4v) is 2.41. The zero-order chi connectivity index (χ0) is 18.2. The van der Waals surface area contributed by atoms with Gasteiger partial charge in [-0.05, 0) is 42.3 Å². The van der Waals surface area contributed by atoms with Crippen LogP contribution in [0.3, 0.4) is 0 Å². The Kier molecular flexibility index (Phi) is 5.72. The van der Waals surface area contributed by atoms with Gasteiger partial charge in [0.1, 0.15) is 0 Å². The summed E-state index contributed by atoms with van der Waals surface area (Å²) in [4.78, 5) is 12.3. The van der Waals surface area contributed by atoms with Crippen molar-refractivity contribution in [1.29, 1.82) is 0 Å². The van der Waals surface area contributed by atoms with Crippen molar-refractivity contribution in [2.75, 3.05) is 0 Å².